The van der Waals surface area contributed by atoms with Crippen molar-refractivity contribution in [1.29, 1.82) is 0 Å². The Bertz CT molecular complexity index is 1150. The Morgan fingerprint density at radius 2 is 1.70 bits per heavy atom. The number of ether oxygens (including phenoxy) is 1. The number of benzene rings is 3. The van der Waals surface area contributed by atoms with Crippen molar-refractivity contribution in [2.75, 3.05) is 23.3 Å². The summed E-state index contributed by atoms with van der Waals surface area (Å²) in [5.41, 5.74) is 1.89. The molecule has 0 saturated heterocycles. The minimum atomic E-state index is -4.10. The Kier molecular flexibility index (Phi) is 6.79. The van der Waals surface area contributed by atoms with E-state index in [2.05, 4.69) is 21.2 Å². The summed E-state index contributed by atoms with van der Waals surface area (Å²) in [4.78, 5) is 12.8. The number of rotatable bonds is 7. The number of amides is 1. The molecule has 0 unspecified atom stereocenters. The SMILES string of the molecule is COc1ccc(Br)cc1S(=O)(=O)N(CC(=O)Nc1ccccc1C)c1ccccc1. The van der Waals surface area contributed by atoms with Crippen LogP contribution in [0.4, 0.5) is 11.4 Å². The second-order valence-corrected chi connectivity index (χ2v) is 9.25. The minimum Gasteiger partial charge on any atom is -0.495 e. The molecule has 3 rings (SSSR count). The van der Waals surface area contributed by atoms with Gasteiger partial charge in [0.05, 0.1) is 12.8 Å². The van der Waals surface area contributed by atoms with Crippen molar-refractivity contribution in [2.45, 2.75) is 11.8 Å². The third-order valence-electron chi connectivity index (χ3n) is 4.44. The molecular formula is C22H21BrN2O4S. The van der Waals surface area contributed by atoms with Crippen LogP contribution in [0.1, 0.15) is 5.56 Å². The molecule has 156 valence electrons. The van der Waals surface area contributed by atoms with E-state index in [-0.39, 0.29) is 10.6 Å². The smallest absolute Gasteiger partial charge is 0.268 e. The summed E-state index contributed by atoms with van der Waals surface area (Å²) in [6.07, 6.45) is 0. The number of carbonyl (C=O) groups is 1. The molecule has 6 nitrogen and oxygen atoms in total. The molecule has 0 heterocycles. The number of hydrogen-bond donors (Lipinski definition) is 1. The molecule has 0 bridgehead atoms. The van der Waals surface area contributed by atoms with Crippen LogP contribution in [-0.2, 0) is 14.8 Å². The summed E-state index contributed by atoms with van der Waals surface area (Å²) < 4.78 is 34.0. The zero-order chi connectivity index (χ0) is 21.7. The highest BCUT2D eigenvalue weighted by molar-refractivity contribution is 9.10. The number of halogens is 1. The number of anilines is 2. The van der Waals surface area contributed by atoms with Gasteiger partial charge in [-0.15, -0.1) is 0 Å². The molecular weight excluding hydrogens is 468 g/mol. The van der Waals surface area contributed by atoms with Gasteiger partial charge in [-0.3, -0.25) is 9.10 Å². The lowest BCUT2D eigenvalue weighted by Crippen LogP contribution is -2.38. The fourth-order valence-electron chi connectivity index (χ4n) is 2.91. The van der Waals surface area contributed by atoms with Gasteiger partial charge in [-0.1, -0.05) is 52.3 Å². The van der Waals surface area contributed by atoms with E-state index >= 15 is 0 Å². The standard InChI is InChI=1S/C22H21BrN2O4S/c1-16-8-6-7-11-19(16)24-22(26)15-25(18-9-4-3-5-10-18)30(27,28)21-14-17(23)12-13-20(21)29-2/h3-14H,15H2,1-2H3,(H,24,26). The summed E-state index contributed by atoms with van der Waals surface area (Å²) >= 11 is 3.31. The van der Waals surface area contributed by atoms with E-state index in [0.717, 1.165) is 9.87 Å². The predicted molar refractivity (Wildman–Crippen MR) is 121 cm³/mol. The number of hydrogen-bond acceptors (Lipinski definition) is 4. The lowest BCUT2D eigenvalue weighted by atomic mass is 10.2. The van der Waals surface area contributed by atoms with Gasteiger partial charge in [0, 0.05) is 10.2 Å². The maximum absolute atomic E-state index is 13.6. The van der Waals surface area contributed by atoms with E-state index in [1.807, 2.05) is 19.1 Å². The molecule has 0 spiro atoms. The molecule has 0 aliphatic rings. The van der Waals surface area contributed by atoms with E-state index in [1.54, 1.807) is 54.6 Å². The average molecular weight is 489 g/mol. The molecule has 0 aliphatic carbocycles. The monoisotopic (exact) mass is 488 g/mol. The first-order valence-electron chi connectivity index (χ1n) is 9.09. The van der Waals surface area contributed by atoms with Crippen molar-refractivity contribution in [3.8, 4) is 5.75 Å². The topological polar surface area (TPSA) is 75.7 Å². The van der Waals surface area contributed by atoms with E-state index in [0.29, 0.717) is 15.8 Å². The van der Waals surface area contributed by atoms with Crippen LogP contribution in [0.3, 0.4) is 0 Å². The molecule has 1 N–H and O–H groups in total. The molecule has 3 aromatic carbocycles. The molecule has 0 saturated carbocycles. The highest BCUT2D eigenvalue weighted by Crippen LogP contribution is 2.32. The van der Waals surface area contributed by atoms with Crippen LogP contribution < -0.4 is 14.4 Å². The Hall–Kier alpha value is -2.84. The van der Waals surface area contributed by atoms with Crippen molar-refractivity contribution in [3.05, 3.63) is 82.8 Å². The van der Waals surface area contributed by atoms with Crippen LogP contribution in [0.15, 0.2) is 82.2 Å². The highest BCUT2D eigenvalue weighted by Gasteiger charge is 2.30. The third kappa shape index (κ3) is 4.83. The molecule has 1 amide bonds. The Morgan fingerprint density at radius 1 is 1.03 bits per heavy atom. The summed E-state index contributed by atoms with van der Waals surface area (Å²) in [5, 5.41) is 2.79. The molecule has 0 aromatic heterocycles. The van der Waals surface area contributed by atoms with Gasteiger partial charge in [0.25, 0.3) is 10.0 Å². The maximum atomic E-state index is 13.6. The van der Waals surface area contributed by atoms with E-state index < -0.39 is 22.5 Å². The quantitative estimate of drug-likeness (QED) is 0.527. The lowest BCUT2D eigenvalue weighted by molar-refractivity contribution is -0.114. The first-order chi connectivity index (χ1) is 14.3. The zero-order valence-corrected chi connectivity index (χ0v) is 18.9. The number of para-hydroxylation sites is 2. The van der Waals surface area contributed by atoms with Crippen LogP contribution in [0.5, 0.6) is 5.75 Å². The van der Waals surface area contributed by atoms with Gasteiger partial charge >= 0.3 is 0 Å². The van der Waals surface area contributed by atoms with Crippen LogP contribution in [-0.4, -0.2) is 28.0 Å². The molecule has 8 heteroatoms. The molecule has 30 heavy (non-hydrogen) atoms. The van der Waals surface area contributed by atoms with Gasteiger partial charge < -0.3 is 10.1 Å². The first kappa shape index (κ1) is 21.9. The molecule has 0 fully saturated rings. The van der Waals surface area contributed by atoms with E-state index in [9.17, 15) is 13.2 Å². The molecule has 0 atom stereocenters. The number of aryl methyl sites for hydroxylation is 1. The Labute approximate surface area is 184 Å². The second kappa shape index (κ2) is 9.32. The highest BCUT2D eigenvalue weighted by atomic mass is 79.9. The van der Waals surface area contributed by atoms with Gasteiger partial charge in [0.15, 0.2) is 0 Å². The molecule has 0 radical (unpaired) electrons. The summed E-state index contributed by atoms with van der Waals surface area (Å²) in [6.45, 7) is 1.48. The number of carbonyl (C=O) groups excluding carboxylic acids is 1. The number of nitrogens with one attached hydrogen (secondary N) is 1. The van der Waals surface area contributed by atoms with Gasteiger partial charge in [-0.2, -0.15) is 0 Å². The van der Waals surface area contributed by atoms with Gasteiger partial charge in [-0.05, 0) is 48.9 Å². The average Bonchev–Trinajstić information content (AvgIpc) is 2.74. The Balaban J connectivity index is 2.01. The van der Waals surface area contributed by atoms with Crippen molar-refractivity contribution >= 4 is 43.2 Å². The van der Waals surface area contributed by atoms with Crippen LogP contribution >= 0.6 is 15.9 Å². The van der Waals surface area contributed by atoms with Crippen molar-refractivity contribution in [2.24, 2.45) is 0 Å². The van der Waals surface area contributed by atoms with Gasteiger partial charge in [0.1, 0.15) is 17.2 Å². The van der Waals surface area contributed by atoms with Gasteiger partial charge in [-0.25, -0.2) is 8.42 Å². The number of sulfonamides is 1. The first-order valence-corrected chi connectivity index (χ1v) is 11.3. The fraction of sp³-hybridized carbons (Fsp3) is 0.136. The molecule has 3 aromatic rings. The third-order valence-corrected chi connectivity index (χ3v) is 6.73. The fourth-order valence-corrected chi connectivity index (χ4v) is 5.03. The normalized spacial score (nSPS) is 11.0. The van der Waals surface area contributed by atoms with Crippen LogP contribution in [0, 0.1) is 6.92 Å². The van der Waals surface area contributed by atoms with Crippen LogP contribution in [0.25, 0.3) is 0 Å². The summed E-state index contributed by atoms with van der Waals surface area (Å²) in [7, 11) is -2.70. The van der Waals surface area contributed by atoms with Crippen molar-refractivity contribution in [3.63, 3.8) is 0 Å². The minimum absolute atomic E-state index is 0.0353. The lowest BCUT2D eigenvalue weighted by Gasteiger charge is -2.25. The number of methoxy groups -OCH3 is 1. The van der Waals surface area contributed by atoms with E-state index in [1.165, 1.54) is 13.2 Å². The zero-order valence-electron chi connectivity index (χ0n) is 16.5. The predicted octanol–water partition coefficient (Wildman–Crippen LogP) is 4.60. The Morgan fingerprint density at radius 3 is 2.37 bits per heavy atom. The van der Waals surface area contributed by atoms with Gasteiger partial charge in [0.2, 0.25) is 5.91 Å². The number of nitrogens with zero attached hydrogens (tertiary/aromatic N) is 1. The molecule has 0 aliphatic heterocycles. The van der Waals surface area contributed by atoms with Crippen molar-refractivity contribution < 1.29 is 17.9 Å². The van der Waals surface area contributed by atoms with E-state index in [4.69, 9.17) is 4.74 Å². The summed E-state index contributed by atoms with van der Waals surface area (Å²) in [5.74, 6) is -0.260. The van der Waals surface area contributed by atoms with Crippen molar-refractivity contribution in [1.82, 2.24) is 0 Å². The van der Waals surface area contributed by atoms with Crippen LogP contribution in [0.2, 0.25) is 0 Å². The maximum Gasteiger partial charge on any atom is 0.268 e. The largest absolute Gasteiger partial charge is 0.495 e. The second-order valence-electron chi connectivity index (χ2n) is 6.51. The summed E-state index contributed by atoms with van der Waals surface area (Å²) in [6, 6.07) is 20.5.